The number of likely N-dealkylation sites (tertiary alicyclic amines) is 1. The Bertz CT molecular complexity index is 1050. The van der Waals surface area contributed by atoms with Crippen LogP contribution in [0.2, 0.25) is 0 Å². The number of pyridine rings is 2. The molecular weight excluding hydrogens is 378 g/mol. The first-order chi connectivity index (χ1) is 14.6. The Balaban J connectivity index is 1.45. The molecule has 30 heavy (non-hydrogen) atoms. The van der Waals surface area contributed by atoms with Gasteiger partial charge in [-0.2, -0.15) is 4.98 Å². The fourth-order valence-corrected chi connectivity index (χ4v) is 4.53. The van der Waals surface area contributed by atoms with Gasteiger partial charge in [0.25, 0.3) is 11.8 Å². The summed E-state index contributed by atoms with van der Waals surface area (Å²) >= 11 is 0. The predicted molar refractivity (Wildman–Crippen MR) is 111 cm³/mol. The summed E-state index contributed by atoms with van der Waals surface area (Å²) in [5.41, 5.74) is 2.23. The van der Waals surface area contributed by atoms with E-state index in [1.807, 2.05) is 30.0 Å². The van der Waals surface area contributed by atoms with E-state index in [-0.39, 0.29) is 11.3 Å². The van der Waals surface area contributed by atoms with E-state index in [1.54, 1.807) is 24.8 Å². The number of rotatable bonds is 5. The molecule has 2 fully saturated rings. The summed E-state index contributed by atoms with van der Waals surface area (Å²) in [6.45, 7) is 3.32. The van der Waals surface area contributed by atoms with Crippen molar-refractivity contribution in [1.29, 1.82) is 0 Å². The summed E-state index contributed by atoms with van der Waals surface area (Å²) in [5, 5.41) is 4.39. The van der Waals surface area contributed by atoms with E-state index in [1.165, 1.54) is 12.8 Å². The van der Waals surface area contributed by atoms with E-state index in [2.05, 4.69) is 15.1 Å². The van der Waals surface area contributed by atoms with Gasteiger partial charge in [-0.05, 0) is 55.9 Å². The van der Waals surface area contributed by atoms with Crippen molar-refractivity contribution in [3.8, 4) is 11.5 Å². The minimum absolute atomic E-state index is 0.0314. The summed E-state index contributed by atoms with van der Waals surface area (Å²) in [6, 6.07) is 5.64. The van der Waals surface area contributed by atoms with Gasteiger partial charge in [-0.1, -0.05) is 18.0 Å². The third kappa shape index (κ3) is 3.72. The summed E-state index contributed by atoms with van der Waals surface area (Å²) in [4.78, 5) is 28.2. The van der Waals surface area contributed by atoms with Crippen molar-refractivity contribution in [3.63, 3.8) is 0 Å². The normalized spacial score (nSPS) is 21.6. The van der Waals surface area contributed by atoms with Crippen LogP contribution in [0.1, 0.15) is 53.8 Å². The van der Waals surface area contributed by atoms with Crippen LogP contribution < -0.4 is 0 Å². The molecule has 5 rings (SSSR count). The van der Waals surface area contributed by atoms with Crippen molar-refractivity contribution in [2.24, 2.45) is 5.92 Å². The van der Waals surface area contributed by atoms with Crippen LogP contribution in [0, 0.1) is 12.8 Å². The van der Waals surface area contributed by atoms with Gasteiger partial charge in [0, 0.05) is 43.4 Å². The summed E-state index contributed by atoms with van der Waals surface area (Å²) in [7, 11) is 0. The third-order valence-corrected chi connectivity index (χ3v) is 6.19. The monoisotopic (exact) mass is 403 g/mol. The van der Waals surface area contributed by atoms with Gasteiger partial charge in [0.2, 0.25) is 0 Å². The molecule has 3 aromatic heterocycles. The highest BCUT2D eigenvalue weighted by molar-refractivity contribution is 5.94. The first-order valence-electron chi connectivity index (χ1n) is 10.6. The molecule has 1 atom stereocenters. The lowest BCUT2D eigenvalue weighted by Gasteiger charge is -2.41. The number of amides is 1. The number of carbonyl (C=O) groups is 1. The van der Waals surface area contributed by atoms with Crippen molar-refractivity contribution in [2.45, 2.75) is 44.4 Å². The maximum absolute atomic E-state index is 13.2. The second kappa shape index (κ2) is 7.63. The van der Waals surface area contributed by atoms with Crippen molar-refractivity contribution < 1.29 is 9.32 Å². The molecule has 1 unspecified atom stereocenters. The molecule has 7 nitrogen and oxygen atoms in total. The average Bonchev–Trinajstić information content (AvgIpc) is 3.44. The molecule has 2 aliphatic rings. The molecule has 0 N–H and O–H groups in total. The first kappa shape index (κ1) is 18.9. The molecule has 0 aromatic carbocycles. The number of aryl methyl sites for hydroxylation is 1. The van der Waals surface area contributed by atoms with Crippen LogP contribution in [-0.4, -0.2) is 44.0 Å². The van der Waals surface area contributed by atoms with E-state index >= 15 is 0 Å². The van der Waals surface area contributed by atoms with Gasteiger partial charge >= 0.3 is 0 Å². The molecule has 4 heterocycles. The molecular formula is C23H25N5O2. The minimum Gasteiger partial charge on any atom is -0.338 e. The second-order valence-electron chi connectivity index (χ2n) is 8.67. The molecule has 0 spiro atoms. The van der Waals surface area contributed by atoms with Gasteiger partial charge < -0.3 is 9.42 Å². The summed E-state index contributed by atoms with van der Waals surface area (Å²) < 4.78 is 5.62. The number of piperidine rings is 1. The van der Waals surface area contributed by atoms with Gasteiger partial charge in [0.05, 0.1) is 11.0 Å². The highest BCUT2D eigenvalue weighted by Gasteiger charge is 2.46. The molecule has 1 saturated heterocycles. The first-order valence-corrected chi connectivity index (χ1v) is 10.6. The second-order valence-corrected chi connectivity index (χ2v) is 8.67. The lowest BCUT2D eigenvalue weighted by Crippen LogP contribution is -2.49. The molecule has 1 aliphatic carbocycles. The number of aromatic nitrogens is 4. The Kier molecular flexibility index (Phi) is 4.81. The smallest absolute Gasteiger partial charge is 0.258 e. The van der Waals surface area contributed by atoms with Gasteiger partial charge in [-0.15, -0.1) is 0 Å². The number of hydrogen-bond donors (Lipinski definition) is 0. The van der Waals surface area contributed by atoms with E-state index in [4.69, 9.17) is 9.51 Å². The molecule has 154 valence electrons. The van der Waals surface area contributed by atoms with Gasteiger partial charge in [-0.25, -0.2) is 0 Å². The average molecular weight is 403 g/mol. The maximum atomic E-state index is 13.2. The molecule has 7 heteroatoms. The summed E-state index contributed by atoms with van der Waals surface area (Å²) in [6.07, 6.45) is 12.2. The number of carbonyl (C=O) groups excluding carboxylic acids is 1. The SMILES string of the molecule is Cc1cncc(C(=O)N2CCCC(CC3CC3)(c3noc(-c4ccncc4)n3)C2)c1. The van der Waals surface area contributed by atoms with E-state index < -0.39 is 0 Å². The topological polar surface area (TPSA) is 85.0 Å². The van der Waals surface area contributed by atoms with Gasteiger partial charge in [0.1, 0.15) is 0 Å². The highest BCUT2D eigenvalue weighted by atomic mass is 16.5. The van der Waals surface area contributed by atoms with Gasteiger partial charge in [-0.3, -0.25) is 14.8 Å². The third-order valence-electron chi connectivity index (χ3n) is 6.19. The molecule has 3 aromatic rings. The van der Waals surface area contributed by atoms with Crippen molar-refractivity contribution in [2.75, 3.05) is 13.1 Å². The quantitative estimate of drug-likeness (QED) is 0.644. The largest absolute Gasteiger partial charge is 0.338 e. The fourth-order valence-electron chi connectivity index (χ4n) is 4.53. The Morgan fingerprint density at radius 2 is 2.07 bits per heavy atom. The van der Waals surface area contributed by atoms with Crippen LogP contribution in [0.5, 0.6) is 0 Å². The van der Waals surface area contributed by atoms with Crippen LogP contribution in [0.3, 0.4) is 0 Å². The van der Waals surface area contributed by atoms with Gasteiger partial charge in [0.15, 0.2) is 5.82 Å². The van der Waals surface area contributed by atoms with E-state index in [0.717, 1.165) is 42.8 Å². The fraction of sp³-hybridized carbons (Fsp3) is 0.435. The van der Waals surface area contributed by atoms with Crippen LogP contribution in [0.4, 0.5) is 0 Å². The number of hydrogen-bond acceptors (Lipinski definition) is 6. The minimum atomic E-state index is -0.263. The lowest BCUT2D eigenvalue weighted by molar-refractivity contribution is 0.0606. The molecule has 1 saturated carbocycles. The molecule has 1 aliphatic heterocycles. The zero-order valence-corrected chi connectivity index (χ0v) is 17.1. The van der Waals surface area contributed by atoms with Crippen LogP contribution in [0.25, 0.3) is 11.5 Å². The standard InChI is InChI=1S/C23H25N5O2/c1-16-11-19(14-25-13-16)21(29)28-10-2-7-23(15-28,12-17-3-4-17)22-26-20(30-27-22)18-5-8-24-9-6-18/h5-6,8-9,11,13-14,17H,2-4,7,10,12,15H2,1H3. The Morgan fingerprint density at radius 1 is 1.23 bits per heavy atom. The van der Waals surface area contributed by atoms with Crippen molar-refractivity contribution in [1.82, 2.24) is 25.0 Å². The lowest BCUT2D eigenvalue weighted by atomic mass is 9.74. The van der Waals surface area contributed by atoms with E-state index in [9.17, 15) is 4.79 Å². The molecule has 0 bridgehead atoms. The highest BCUT2D eigenvalue weighted by Crippen LogP contribution is 2.46. The Labute approximate surface area is 175 Å². The van der Waals surface area contributed by atoms with Crippen molar-refractivity contribution >= 4 is 5.91 Å². The van der Waals surface area contributed by atoms with E-state index in [0.29, 0.717) is 23.9 Å². The van der Waals surface area contributed by atoms with Crippen molar-refractivity contribution in [3.05, 3.63) is 59.9 Å². The summed E-state index contributed by atoms with van der Waals surface area (Å²) in [5.74, 6) is 1.95. The van der Waals surface area contributed by atoms with Crippen LogP contribution >= 0.6 is 0 Å². The Hall–Kier alpha value is -3.09. The predicted octanol–water partition coefficient (Wildman–Crippen LogP) is 3.81. The molecule has 0 radical (unpaired) electrons. The van der Waals surface area contributed by atoms with Crippen LogP contribution in [0.15, 0.2) is 47.5 Å². The Morgan fingerprint density at radius 3 is 2.83 bits per heavy atom. The zero-order valence-electron chi connectivity index (χ0n) is 17.1. The molecule has 1 amide bonds. The number of nitrogens with zero attached hydrogens (tertiary/aromatic N) is 5. The maximum Gasteiger partial charge on any atom is 0.258 e. The van der Waals surface area contributed by atoms with Crippen LogP contribution in [-0.2, 0) is 5.41 Å². The zero-order chi connectivity index (χ0) is 20.6.